The van der Waals surface area contributed by atoms with Gasteiger partial charge < -0.3 is 15.4 Å². The summed E-state index contributed by atoms with van der Waals surface area (Å²) in [4.78, 5) is 9.45. The van der Waals surface area contributed by atoms with E-state index in [2.05, 4.69) is 15.1 Å². The summed E-state index contributed by atoms with van der Waals surface area (Å²) in [6.45, 7) is 7.45. The topological polar surface area (TPSA) is 97.5 Å². The number of oxazole rings is 1. The highest BCUT2D eigenvalue weighted by molar-refractivity contribution is 7.99. The predicted octanol–water partition coefficient (Wildman–Crippen LogP) is 2.55. The first-order valence-electron chi connectivity index (χ1n) is 6.00. The number of hydrogen-bond donors (Lipinski definition) is 2. The molecule has 2 heterocycles. The van der Waals surface area contributed by atoms with Crippen LogP contribution >= 0.6 is 11.8 Å². The molecule has 0 spiro atoms. The van der Waals surface area contributed by atoms with E-state index in [1.807, 2.05) is 33.8 Å². The largest absolute Gasteiger partial charge is 0.436 e. The van der Waals surface area contributed by atoms with Crippen LogP contribution in [0.5, 0.6) is 0 Å². The first-order chi connectivity index (χ1) is 9.42. The van der Waals surface area contributed by atoms with Gasteiger partial charge in [0, 0.05) is 16.3 Å². The fraction of sp³-hybridized carbons (Fsp3) is 0.308. The van der Waals surface area contributed by atoms with Crippen LogP contribution in [0.3, 0.4) is 0 Å². The van der Waals surface area contributed by atoms with Crippen molar-refractivity contribution in [1.82, 2.24) is 9.97 Å². The average molecular weight is 292 g/mol. The molecule has 0 aliphatic rings. The molecule has 0 atom stereocenters. The van der Waals surface area contributed by atoms with Crippen LogP contribution in [0.4, 0.5) is 0 Å². The summed E-state index contributed by atoms with van der Waals surface area (Å²) < 4.78 is 5.55. The van der Waals surface area contributed by atoms with Crippen LogP contribution in [0.2, 0.25) is 0 Å². The monoisotopic (exact) mass is 292 g/mol. The van der Waals surface area contributed by atoms with E-state index in [4.69, 9.17) is 15.4 Å². The summed E-state index contributed by atoms with van der Waals surface area (Å²) >= 11 is 1.33. The van der Waals surface area contributed by atoms with Gasteiger partial charge in [-0.3, -0.25) is 4.98 Å². The molecule has 0 aromatic carbocycles. The summed E-state index contributed by atoms with van der Waals surface area (Å²) in [6.07, 6.45) is 0. The van der Waals surface area contributed by atoms with E-state index < -0.39 is 0 Å². The third-order valence-electron chi connectivity index (χ3n) is 2.86. The normalized spacial score (nSPS) is 11.9. The van der Waals surface area contributed by atoms with Gasteiger partial charge in [-0.1, -0.05) is 5.16 Å². The summed E-state index contributed by atoms with van der Waals surface area (Å²) in [5.74, 6) is 0.804. The van der Waals surface area contributed by atoms with Gasteiger partial charge in [0.15, 0.2) is 5.84 Å². The zero-order valence-corrected chi connectivity index (χ0v) is 12.6. The van der Waals surface area contributed by atoms with E-state index in [0.717, 1.165) is 22.0 Å². The zero-order valence-electron chi connectivity index (χ0n) is 11.8. The molecule has 106 valence electrons. The van der Waals surface area contributed by atoms with Gasteiger partial charge in [0.05, 0.1) is 11.3 Å². The van der Waals surface area contributed by atoms with Crippen molar-refractivity contribution in [2.75, 3.05) is 0 Å². The summed E-state index contributed by atoms with van der Waals surface area (Å²) in [7, 11) is 0. The lowest BCUT2D eigenvalue weighted by atomic mass is 10.1. The lowest BCUT2D eigenvalue weighted by molar-refractivity contribution is 0.318. The van der Waals surface area contributed by atoms with Crippen molar-refractivity contribution < 1.29 is 9.62 Å². The number of pyridine rings is 1. The maximum absolute atomic E-state index is 8.91. The molecule has 0 saturated heterocycles. The van der Waals surface area contributed by atoms with Crippen LogP contribution in [0.25, 0.3) is 0 Å². The molecule has 2 rings (SSSR count). The fourth-order valence-corrected chi connectivity index (χ4v) is 2.94. The Morgan fingerprint density at radius 2 is 1.95 bits per heavy atom. The molecule has 0 saturated carbocycles. The average Bonchev–Trinajstić information content (AvgIpc) is 2.66. The van der Waals surface area contributed by atoms with Crippen LogP contribution in [0, 0.1) is 27.7 Å². The van der Waals surface area contributed by atoms with Gasteiger partial charge >= 0.3 is 0 Å². The molecule has 0 unspecified atom stereocenters. The van der Waals surface area contributed by atoms with E-state index in [9.17, 15) is 0 Å². The molecule has 6 nitrogen and oxygen atoms in total. The Balaban J connectivity index is 2.49. The number of nitrogens with zero attached hydrogens (tertiary/aromatic N) is 3. The van der Waals surface area contributed by atoms with Crippen molar-refractivity contribution in [2.45, 2.75) is 37.8 Å². The number of nitrogens with two attached hydrogens (primary N) is 1. The second kappa shape index (κ2) is 5.54. The van der Waals surface area contributed by atoms with Gasteiger partial charge in [-0.2, -0.15) is 0 Å². The van der Waals surface area contributed by atoms with Gasteiger partial charge in [-0.15, -0.1) is 0 Å². The highest BCUT2D eigenvalue weighted by atomic mass is 32.2. The Kier molecular flexibility index (Phi) is 3.99. The summed E-state index contributed by atoms with van der Waals surface area (Å²) in [5, 5.41) is 12.5. The molecule has 2 aromatic heterocycles. The Labute approximate surface area is 121 Å². The maximum atomic E-state index is 8.91. The third kappa shape index (κ3) is 2.77. The van der Waals surface area contributed by atoms with Gasteiger partial charge in [-0.25, -0.2) is 4.98 Å². The molecule has 0 fully saturated rings. The predicted molar refractivity (Wildman–Crippen MR) is 76.3 cm³/mol. The zero-order chi connectivity index (χ0) is 14.9. The Morgan fingerprint density at radius 3 is 2.50 bits per heavy atom. The van der Waals surface area contributed by atoms with Crippen molar-refractivity contribution in [3.63, 3.8) is 0 Å². The van der Waals surface area contributed by atoms with E-state index in [-0.39, 0.29) is 5.84 Å². The molecule has 20 heavy (non-hydrogen) atoms. The minimum absolute atomic E-state index is 0.0255. The van der Waals surface area contributed by atoms with Gasteiger partial charge in [0.25, 0.3) is 5.22 Å². The van der Waals surface area contributed by atoms with E-state index >= 15 is 0 Å². The van der Waals surface area contributed by atoms with Crippen molar-refractivity contribution in [2.24, 2.45) is 10.9 Å². The Bertz CT molecular complexity index is 660. The lowest BCUT2D eigenvalue weighted by Gasteiger charge is -2.10. The highest BCUT2D eigenvalue weighted by Crippen LogP contribution is 2.32. The number of amidine groups is 1. The molecule has 0 aliphatic carbocycles. The van der Waals surface area contributed by atoms with Crippen molar-refractivity contribution >= 4 is 17.6 Å². The molecular formula is C13H16N4O2S. The van der Waals surface area contributed by atoms with Crippen LogP contribution < -0.4 is 5.73 Å². The lowest BCUT2D eigenvalue weighted by Crippen LogP contribution is -2.17. The minimum Gasteiger partial charge on any atom is -0.436 e. The smallest absolute Gasteiger partial charge is 0.261 e. The number of hydrogen-bond acceptors (Lipinski definition) is 6. The number of oxime groups is 1. The summed E-state index contributed by atoms with van der Waals surface area (Å²) in [5.41, 5.74) is 8.72. The second-order valence-electron chi connectivity index (χ2n) is 4.43. The van der Waals surface area contributed by atoms with Crippen molar-refractivity contribution in [1.29, 1.82) is 0 Å². The quantitative estimate of drug-likeness (QED) is 0.390. The van der Waals surface area contributed by atoms with E-state index in [1.165, 1.54) is 11.8 Å². The second-order valence-corrected chi connectivity index (χ2v) is 5.42. The maximum Gasteiger partial charge on any atom is 0.261 e. The van der Waals surface area contributed by atoms with Crippen molar-refractivity contribution in [3.8, 4) is 0 Å². The van der Waals surface area contributed by atoms with E-state index in [1.54, 1.807) is 0 Å². The van der Waals surface area contributed by atoms with Crippen LogP contribution in [0.15, 0.2) is 25.8 Å². The number of rotatable bonds is 3. The van der Waals surface area contributed by atoms with Gasteiger partial charge in [-0.05, 0) is 45.5 Å². The summed E-state index contributed by atoms with van der Waals surface area (Å²) in [6, 6.07) is 1.86. The number of aryl methyl sites for hydroxylation is 4. The third-order valence-corrected chi connectivity index (χ3v) is 3.75. The Hall–Kier alpha value is -2.02. The fourth-order valence-electron chi connectivity index (χ4n) is 1.82. The van der Waals surface area contributed by atoms with Crippen molar-refractivity contribution in [3.05, 3.63) is 34.5 Å². The number of aromatic nitrogens is 2. The molecular weight excluding hydrogens is 276 g/mol. The SMILES string of the molecule is Cc1cc(Sc2nc(C)c(C)o2)c(/C(N)=N/O)c(C)n1. The first-order valence-corrected chi connectivity index (χ1v) is 6.82. The minimum atomic E-state index is 0.0255. The molecule has 0 aliphatic heterocycles. The highest BCUT2D eigenvalue weighted by Gasteiger charge is 2.16. The molecule has 7 heteroatoms. The molecule has 0 bridgehead atoms. The standard InChI is InChI=1S/C13H16N4O2S/c1-6-5-10(11(8(3)15-6)12(14)17-18)20-13-16-7(2)9(4)19-13/h5,18H,1-4H3,(H2,14,17). The molecule has 3 N–H and O–H groups in total. The Morgan fingerprint density at radius 1 is 1.25 bits per heavy atom. The molecule has 0 radical (unpaired) electrons. The molecule has 2 aromatic rings. The first kappa shape index (κ1) is 14.4. The van der Waals surface area contributed by atoms with Gasteiger partial charge in [0.1, 0.15) is 5.76 Å². The van der Waals surface area contributed by atoms with Crippen LogP contribution in [-0.4, -0.2) is 21.0 Å². The van der Waals surface area contributed by atoms with Gasteiger partial charge in [0.2, 0.25) is 0 Å². The van der Waals surface area contributed by atoms with E-state index in [0.29, 0.717) is 16.5 Å². The van der Waals surface area contributed by atoms with Crippen LogP contribution in [0.1, 0.15) is 28.4 Å². The molecule has 0 amide bonds. The van der Waals surface area contributed by atoms with Crippen LogP contribution in [-0.2, 0) is 0 Å².